The van der Waals surface area contributed by atoms with Gasteiger partial charge >= 0.3 is 0 Å². The molecule has 0 bridgehead atoms. The molecule has 0 atom stereocenters. The summed E-state index contributed by atoms with van der Waals surface area (Å²) in [7, 11) is 0. The maximum Gasteiger partial charge on any atom is 0.0681 e. The summed E-state index contributed by atoms with van der Waals surface area (Å²) in [6.45, 7) is 4.49. The van der Waals surface area contributed by atoms with Gasteiger partial charge in [0.15, 0.2) is 0 Å². The van der Waals surface area contributed by atoms with E-state index in [0.717, 1.165) is 17.5 Å². The molecule has 0 heterocycles. The molecule has 2 N–H and O–H groups in total. The Bertz CT molecular complexity index is 528. The number of benzene rings is 2. The number of hydrogen-bond donors (Lipinski definition) is 2. The number of rotatable bonds is 5. The summed E-state index contributed by atoms with van der Waals surface area (Å²) in [5, 5.41) is 18.6. The second-order valence-corrected chi connectivity index (χ2v) is 5.40. The summed E-state index contributed by atoms with van der Waals surface area (Å²) in [4.78, 5) is 0. The van der Waals surface area contributed by atoms with Crippen LogP contribution in [0, 0.1) is 0 Å². The molecule has 0 spiro atoms. The Morgan fingerprint density at radius 3 is 1.65 bits per heavy atom. The number of aliphatic hydroxyl groups excluding tert-OH is 2. The Hall–Kier alpha value is -1.64. The number of aliphatic hydroxyl groups is 2. The summed E-state index contributed by atoms with van der Waals surface area (Å²) in [5.74, 6) is 0. The van der Waals surface area contributed by atoms with E-state index in [9.17, 15) is 10.2 Å². The molecular weight excluding hydrogens is 248 g/mol. The van der Waals surface area contributed by atoms with E-state index < -0.39 is 0 Å². The van der Waals surface area contributed by atoms with Gasteiger partial charge in [0.25, 0.3) is 0 Å². The molecule has 106 valence electrons. The van der Waals surface area contributed by atoms with Crippen LogP contribution in [0.4, 0.5) is 0 Å². The van der Waals surface area contributed by atoms with E-state index in [1.165, 1.54) is 11.1 Å². The molecule has 0 aliphatic rings. The molecule has 0 aromatic heterocycles. The van der Waals surface area contributed by atoms with Gasteiger partial charge in [-0.2, -0.15) is 0 Å². The van der Waals surface area contributed by atoms with Crippen LogP contribution in [-0.2, 0) is 18.6 Å². The minimum atomic E-state index is -0.115. The van der Waals surface area contributed by atoms with E-state index in [2.05, 4.69) is 38.1 Å². The van der Waals surface area contributed by atoms with Crippen molar-refractivity contribution < 1.29 is 10.2 Å². The van der Waals surface area contributed by atoms with Crippen molar-refractivity contribution in [2.24, 2.45) is 0 Å². The predicted octanol–water partition coefficient (Wildman–Crippen LogP) is 3.39. The molecule has 0 aliphatic carbocycles. The maximum absolute atomic E-state index is 9.32. The first-order valence-corrected chi connectivity index (χ1v) is 7.04. The lowest BCUT2D eigenvalue weighted by Gasteiger charge is -2.30. The van der Waals surface area contributed by atoms with E-state index >= 15 is 0 Å². The maximum atomic E-state index is 9.32. The molecule has 2 nitrogen and oxygen atoms in total. The molecule has 2 rings (SSSR count). The largest absolute Gasteiger partial charge is 0.392 e. The molecule has 0 saturated heterocycles. The Balaban J connectivity index is 2.51. The lowest BCUT2D eigenvalue weighted by Crippen LogP contribution is -2.23. The molecular formula is C18H22O2. The van der Waals surface area contributed by atoms with Crippen molar-refractivity contribution in [2.45, 2.75) is 38.9 Å². The average Bonchev–Trinajstić information content (AvgIpc) is 2.54. The van der Waals surface area contributed by atoms with Gasteiger partial charge in [0.05, 0.1) is 13.2 Å². The molecule has 20 heavy (non-hydrogen) atoms. The minimum absolute atomic E-state index is 0.0598. The fraction of sp³-hybridized carbons (Fsp3) is 0.333. The van der Waals surface area contributed by atoms with E-state index in [4.69, 9.17) is 0 Å². The van der Waals surface area contributed by atoms with Crippen molar-refractivity contribution >= 4 is 0 Å². The van der Waals surface area contributed by atoms with Gasteiger partial charge in [0, 0.05) is 5.41 Å². The fourth-order valence-corrected chi connectivity index (χ4v) is 2.60. The average molecular weight is 270 g/mol. The van der Waals surface area contributed by atoms with E-state index in [0.29, 0.717) is 0 Å². The second kappa shape index (κ2) is 6.21. The topological polar surface area (TPSA) is 40.5 Å². The highest BCUT2D eigenvalue weighted by molar-refractivity contribution is 5.41. The molecule has 2 aromatic carbocycles. The summed E-state index contributed by atoms with van der Waals surface area (Å²) in [6, 6.07) is 16.2. The number of hydrogen-bond acceptors (Lipinski definition) is 2. The van der Waals surface area contributed by atoms with Crippen molar-refractivity contribution in [2.75, 3.05) is 0 Å². The monoisotopic (exact) mass is 270 g/mol. The van der Waals surface area contributed by atoms with E-state index in [1.807, 2.05) is 24.3 Å². The smallest absolute Gasteiger partial charge is 0.0681 e. The fourth-order valence-electron chi connectivity index (χ4n) is 2.60. The van der Waals surface area contributed by atoms with Gasteiger partial charge in [-0.05, 0) is 28.7 Å². The van der Waals surface area contributed by atoms with Crippen LogP contribution in [0.25, 0.3) is 0 Å². The van der Waals surface area contributed by atoms with Gasteiger partial charge in [-0.1, -0.05) is 62.4 Å². The van der Waals surface area contributed by atoms with E-state index in [1.54, 1.807) is 0 Å². The highest BCUT2D eigenvalue weighted by atomic mass is 16.3. The zero-order valence-corrected chi connectivity index (χ0v) is 12.1. The lowest BCUT2D eigenvalue weighted by atomic mass is 9.73. The Labute approximate surface area is 120 Å². The standard InChI is InChI=1S/C18H22O2/c1-3-18(2,16-8-4-6-14(10-16)12-19)17-9-5-7-15(11-17)13-20/h4-11,19-20H,3,12-13H2,1-2H3. The molecule has 0 fully saturated rings. The zero-order chi connectivity index (χ0) is 14.6. The van der Waals surface area contributed by atoms with Crippen LogP contribution in [-0.4, -0.2) is 10.2 Å². The molecule has 2 heteroatoms. The normalized spacial score (nSPS) is 11.6. The van der Waals surface area contributed by atoms with Crippen LogP contribution in [0.2, 0.25) is 0 Å². The third kappa shape index (κ3) is 2.77. The summed E-state index contributed by atoms with van der Waals surface area (Å²) < 4.78 is 0. The third-order valence-electron chi connectivity index (χ3n) is 4.20. The first kappa shape index (κ1) is 14.8. The summed E-state index contributed by atoms with van der Waals surface area (Å²) >= 11 is 0. The SMILES string of the molecule is CCC(C)(c1cccc(CO)c1)c1cccc(CO)c1. The lowest BCUT2D eigenvalue weighted by molar-refractivity contribution is 0.281. The van der Waals surface area contributed by atoms with E-state index in [-0.39, 0.29) is 18.6 Å². The van der Waals surface area contributed by atoms with Crippen molar-refractivity contribution in [3.63, 3.8) is 0 Å². The Morgan fingerprint density at radius 2 is 1.30 bits per heavy atom. The van der Waals surface area contributed by atoms with Crippen LogP contribution in [0.3, 0.4) is 0 Å². The molecule has 2 aromatic rings. The predicted molar refractivity (Wildman–Crippen MR) is 81.5 cm³/mol. The van der Waals surface area contributed by atoms with Gasteiger partial charge in [-0.15, -0.1) is 0 Å². The molecule has 0 radical (unpaired) electrons. The zero-order valence-electron chi connectivity index (χ0n) is 12.1. The summed E-state index contributed by atoms with van der Waals surface area (Å²) in [5.41, 5.74) is 4.14. The first-order chi connectivity index (χ1) is 9.63. The second-order valence-electron chi connectivity index (χ2n) is 5.40. The molecule has 0 aliphatic heterocycles. The highest BCUT2D eigenvalue weighted by Crippen LogP contribution is 2.35. The van der Waals surface area contributed by atoms with Gasteiger partial charge in [0.1, 0.15) is 0 Å². The first-order valence-electron chi connectivity index (χ1n) is 7.04. The van der Waals surface area contributed by atoms with Crippen LogP contribution < -0.4 is 0 Å². The van der Waals surface area contributed by atoms with Crippen molar-refractivity contribution in [3.8, 4) is 0 Å². The Kier molecular flexibility index (Phi) is 4.58. The van der Waals surface area contributed by atoms with Crippen LogP contribution in [0.1, 0.15) is 42.5 Å². The van der Waals surface area contributed by atoms with Crippen molar-refractivity contribution in [3.05, 3.63) is 70.8 Å². The molecule has 0 unspecified atom stereocenters. The molecule has 0 amide bonds. The van der Waals surface area contributed by atoms with Crippen molar-refractivity contribution in [1.29, 1.82) is 0 Å². The Morgan fingerprint density at radius 1 is 0.850 bits per heavy atom. The van der Waals surface area contributed by atoms with Crippen molar-refractivity contribution in [1.82, 2.24) is 0 Å². The highest BCUT2D eigenvalue weighted by Gasteiger charge is 2.27. The van der Waals surface area contributed by atoms with Crippen LogP contribution >= 0.6 is 0 Å². The van der Waals surface area contributed by atoms with Gasteiger partial charge in [0.2, 0.25) is 0 Å². The molecule has 0 saturated carbocycles. The minimum Gasteiger partial charge on any atom is -0.392 e. The van der Waals surface area contributed by atoms with Crippen LogP contribution in [0.5, 0.6) is 0 Å². The third-order valence-corrected chi connectivity index (χ3v) is 4.20. The van der Waals surface area contributed by atoms with Gasteiger partial charge in [-0.3, -0.25) is 0 Å². The quantitative estimate of drug-likeness (QED) is 0.874. The van der Waals surface area contributed by atoms with Crippen LogP contribution in [0.15, 0.2) is 48.5 Å². The van der Waals surface area contributed by atoms with Gasteiger partial charge in [-0.25, -0.2) is 0 Å². The van der Waals surface area contributed by atoms with Gasteiger partial charge < -0.3 is 10.2 Å². The summed E-state index contributed by atoms with van der Waals surface area (Å²) in [6.07, 6.45) is 0.955.